The smallest absolute Gasteiger partial charge is 0.410 e. The van der Waals surface area contributed by atoms with Crippen LogP contribution in [0.4, 0.5) is 9.59 Å². The van der Waals surface area contributed by atoms with E-state index in [-0.39, 0.29) is 12.2 Å². The maximum atomic E-state index is 12.6. The SMILES string of the molecule is Cc1cccnc1CCc1ccc(OC(=O)N2CCN(CCc3scnc3C)CC2)cc1.Cc1cccnc1CCc1ccc(OC(=O)N2CCN(Cc3cccnc3)CC2)cc1. The minimum atomic E-state index is -0.280. The molecule has 6 heterocycles. The second-order valence-electron chi connectivity index (χ2n) is 16.1. The molecular formula is C50H58N8O4S. The van der Waals surface area contributed by atoms with Gasteiger partial charge in [-0.3, -0.25) is 24.8 Å². The molecule has 6 aromatic rings. The van der Waals surface area contributed by atoms with Crippen LogP contribution in [0.2, 0.25) is 0 Å². The largest absolute Gasteiger partial charge is 0.415 e. The summed E-state index contributed by atoms with van der Waals surface area (Å²) < 4.78 is 11.2. The quantitative estimate of drug-likeness (QED) is 0.113. The van der Waals surface area contributed by atoms with Gasteiger partial charge in [0.15, 0.2) is 0 Å². The van der Waals surface area contributed by atoms with Crippen molar-refractivity contribution in [1.82, 2.24) is 39.5 Å². The highest BCUT2D eigenvalue weighted by molar-refractivity contribution is 7.09. The van der Waals surface area contributed by atoms with Crippen LogP contribution in [-0.2, 0) is 38.6 Å². The molecule has 2 amide bonds. The van der Waals surface area contributed by atoms with E-state index in [0.717, 1.165) is 88.5 Å². The Labute approximate surface area is 375 Å². The van der Waals surface area contributed by atoms with Crippen LogP contribution in [0.15, 0.2) is 115 Å². The molecule has 328 valence electrons. The monoisotopic (exact) mass is 866 g/mol. The first kappa shape index (κ1) is 45.0. The maximum absolute atomic E-state index is 12.6. The highest BCUT2D eigenvalue weighted by atomic mass is 32.1. The van der Waals surface area contributed by atoms with Gasteiger partial charge in [0.1, 0.15) is 11.5 Å². The number of amides is 2. The second-order valence-corrected chi connectivity index (χ2v) is 17.1. The molecule has 2 aliphatic heterocycles. The summed E-state index contributed by atoms with van der Waals surface area (Å²) in [5, 5.41) is 0. The lowest BCUT2D eigenvalue weighted by atomic mass is 10.1. The van der Waals surface area contributed by atoms with Crippen molar-refractivity contribution in [3.63, 3.8) is 0 Å². The van der Waals surface area contributed by atoms with Gasteiger partial charge in [0.05, 0.1) is 11.2 Å². The number of carbonyl (C=O) groups excluding carboxylic acids is 2. The fourth-order valence-corrected chi connectivity index (χ4v) is 8.45. The molecule has 0 aliphatic carbocycles. The van der Waals surface area contributed by atoms with Crippen LogP contribution < -0.4 is 9.47 Å². The Morgan fingerprint density at radius 3 is 1.52 bits per heavy atom. The lowest BCUT2D eigenvalue weighted by Crippen LogP contribution is -2.49. The van der Waals surface area contributed by atoms with Crippen molar-refractivity contribution in [3.05, 3.63) is 165 Å². The third kappa shape index (κ3) is 13.7. The van der Waals surface area contributed by atoms with E-state index in [1.54, 1.807) is 27.3 Å². The highest BCUT2D eigenvalue weighted by Gasteiger charge is 2.24. The molecule has 2 aromatic carbocycles. The molecule has 0 N–H and O–H groups in total. The molecule has 2 fully saturated rings. The van der Waals surface area contributed by atoms with Gasteiger partial charge in [-0.25, -0.2) is 14.6 Å². The molecule has 8 rings (SSSR count). The topological polar surface area (TPSA) is 117 Å². The lowest BCUT2D eigenvalue weighted by Gasteiger charge is -2.33. The fraction of sp³-hybridized carbons (Fsp3) is 0.360. The Balaban J connectivity index is 0.000000189. The predicted octanol–water partition coefficient (Wildman–Crippen LogP) is 8.19. The van der Waals surface area contributed by atoms with Crippen molar-refractivity contribution < 1.29 is 19.1 Å². The third-order valence-electron chi connectivity index (χ3n) is 11.7. The molecule has 4 aromatic heterocycles. The molecule has 13 heteroatoms. The van der Waals surface area contributed by atoms with Crippen molar-refractivity contribution in [1.29, 1.82) is 0 Å². The number of benzene rings is 2. The number of ether oxygens (including phenoxy) is 2. The molecule has 0 saturated carbocycles. The molecule has 2 aliphatic rings. The summed E-state index contributed by atoms with van der Waals surface area (Å²) in [7, 11) is 0. The summed E-state index contributed by atoms with van der Waals surface area (Å²) in [5.41, 5.74) is 11.3. The number of rotatable bonds is 13. The predicted molar refractivity (Wildman–Crippen MR) is 247 cm³/mol. The summed E-state index contributed by atoms with van der Waals surface area (Å²) in [6, 6.07) is 27.7. The minimum absolute atomic E-state index is 0.264. The lowest BCUT2D eigenvalue weighted by molar-refractivity contribution is 0.108. The van der Waals surface area contributed by atoms with Gasteiger partial charge in [-0.15, -0.1) is 11.3 Å². The Morgan fingerprint density at radius 1 is 0.556 bits per heavy atom. The van der Waals surface area contributed by atoms with E-state index >= 15 is 0 Å². The summed E-state index contributed by atoms with van der Waals surface area (Å²) in [6.07, 6.45) is 11.4. The molecule has 12 nitrogen and oxygen atoms in total. The van der Waals surface area contributed by atoms with E-state index in [4.69, 9.17) is 9.47 Å². The van der Waals surface area contributed by atoms with Crippen LogP contribution in [0.5, 0.6) is 11.5 Å². The molecule has 63 heavy (non-hydrogen) atoms. The average molecular weight is 867 g/mol. The van der Waals surface area contributed by atoms with Crippen LogP contribution in [0.3, 0.4) is 0 Å². The van der Waals surface area contributed by atoms with E-state index in [1.807, 2.05) is 90.8 Å². The summed E-state index contributed by atoms with van der Waals surface area (Å²) in [6.45, 7) is 14.2. The van der Waals surface area contributed by atoms with Gasteiger partial charge in [0.25, 0.3) is 0 Å². The van der Waals surface area contributed by atoms with Crippen molar-refractivity contribution in [2.75, 3.05) is 58.9 Å². The number of pyridine rings is 3. The van der Waals surface area contributed by atoms with Crippen molar-refractivity contribution in [2.24, 2.45) is 0 Å². The van der Waals surface area contributed by atoms with E-state index in [1.165, 1.54) is 32.7 Å². The molecular weight excluding hydrogens is 809 g/mol. The van der Waals surface area contributed by atoms with E-state index in [0.29, 0.717) is 37.7 Å². The van der Waals surface area contributed by atoms with Crippen LogP contribution in [0.25, 0.3) is 0 Å². The van der Waals surface area contributed by atoms with Crippen molar-refractivity contribution in [3.8, 4) is 11.5 Å². The number of aryl methyl sites for hydroxylation is 7. The van der Waals surface area contributed by atoms with Gasteiger partial charge in [0, 0.05) is 106 Å². The fourth-order valence-electron chi connectivity index (χ4n) is 7.68. The first-order valence-electron chi connectivity index (χ1n) is 21.9. The van der Waals surface area contributed by atoms with E-state index < -0.39 is 0 Å². The Bertz CT molecular complexity index is 2340. The van der Waals surface area contributed by atoms with Crippen LogP contribution in [-0.4, -0.2) is 111 Å². The summed E-state index contributed by atoms with van der Waals surface area (Å²) in [4.78, 5) is 52.1. The van der Waals surface area contributed by atoms with Crippen molar-refractivity contribution >= 4 is 23.5 Å². The van der Waals surface area contributed by atoms with E-state index in [2.05, 4.69) is 68.7 Å². The Kier molecular flexibility index (Phi) is 16.4. The summed E-state index contributed by atoms with van der Waals surface area (Å²) in [5.74, 6) is 1.18. The number of carbonyl (C=O) groups is 2. The normalized spacial score (nSPS) is 14.5. The number of nitrogens with zero attached hydrogens (tertiary/aromatic N) is 8. The second kappa shape index (κ2) is 22.9. The van der Waals surface area contributed by atoms with Crippen LogP contribution >= 0.6 is 11.3 Å². The zero-order valence-corrected chi connectivity index (χ0v) is 37.5. The average Bonchev–Trinajstić information content (AvgIpc) is 3.73. The third-order valence-corrected chi connectivity index (χ3v) is 12.7. The number of piperazine rings is 2. The number of hydrogen-bond acceptors (Lipinski definition) is 11. The van der Waals surface area contributed by atoms with Gasteiger partial charge in [0.2, 0.25) is 0 Å². The molecule has 0 spiro atoms. The van der Waals surface area contributed by atoms with Crippen LogP contribution in [0, 0.1) is 20.8 Å². The molecule has 0 bridgehead atoms. The first-order valence-corrected chi connectivity index (χ1v) is 22.8. The van der Waals surface area contributed by atoms with Gasteiger partial charge in [-0.1, -0.05) is 42.5 Å². The number of hydrogen-bond donors (Lipinski definition) is 0. The minimum Gasteiger partial charge on any atom is -0.410 e. The molecule has 0 radical (unpaired) electrons. The van der Waals surface area contributed by atoms with Gasteiger partial charge in [-0.05, 0) is 123 Å². The van der Waals surface area contributed by atoms with Crippen LogP contribution in [0.1, 0.15) is 49.8 Å². The Morgan fingerprint density at radius 2 is 1.06 bits per heavy atom. The van der Waals surface area contributed by atoms with Gasteiger partial charge >= 0.3 is 12.2 Å². The van der Waals surface area contributed by atoms with Crippen molar-refractivity contribution in [2.45, 2.75) is 59.4 Å². The number of thiazole rings is 1. The zero-order valence-electron chi connectivity index (χ0n) is 36.7. The molecule has 0 atom stereocenters. The first-order chi connectivity index (χ1) is 30.8. The Hall–Kier alpha value is -6.02. The highest BCUT2D eigenvalue weighted by Crippen LogP contribution is 2.19. The van der Waals surface area contributed by atoms with E-state index in [9.17, 15) is 9.59 Å². The van der Waals surface area contributed by atoms with Gasteiger partial charge < -0.3 is 19.3 Å². The standard InChI is InChI=1S/C25H30N4O2S.C25H28N4O2/c1-19-4-3-12-26-23(19)10-7-21-5-8-22(9-6-21)31-25(30)29-16-14-28(15-17-29)13-11-24-20(2)27-18-32-24;1-20-4-2-13-27-24(20)11-8-21-6-9-23(10-7-21)31-25(30)29-16-14-28(15-17-29)19-22-5-3-12-26-18-22/h3-6,8-9,12,18H,7,10-11,13-17H2,1-2H3;2-7,9-10,12-13,18H,8,11,14-17,19H2,1H3. The maximum Gasteiger partial charge on any atom is 0.415 e. The zero-order chi connectivity index (χ0) is 43.8. The number of aromatic nitrogens is 4. The van der Waals surface area contributed by atoms with Gasteiger partial charge in [-0.2, -0.15) is 0 Å². The summed E-state index contributed by atoms with van der Waals surface area (Å²) >= 11 is 1.72. The molecule has 2 saturated heterocycles. The molecule has 0 unspecified atom stereocenters.